The molecule has 0 fully saturated rings. The molecule has 1 aromatic carbocycles. The van der Waals surface area contributed by atoms with Crippen LogP contribution < -0.4 is 14.4 Å². The monoisotopic (exact) mass is 602 g/mol. The van der Waals surface area contributed by atoms with E-state index in [2.05, 4.69) is 15.2 Å². The summed E-state index contributed by atoms with van der Waals surface area (Å²) in [6, 6.07) is 3.56. The number of halogens is 6. The minimum atomic E-state index is -4.87. The van der Waals surface area contributed by atoms with Crippen LogP contribution in [0.3, 0.4) is 0 Å². The molecular formula is C22H24ClF5N4O6S. The number of fused-ring (bicyclic) bond motifs is 1. The number of rotatable bonds is 8. The Morgan fingerprint density at radius 2 is 1.92 bits per heavy atom. The van der Waals surface area contributed by atoms with Gasteiger partial charge in [0.05, 0.1) is 18.4 Å². The number of Topliss-reactive ketones (excluding diaryl/α,β-unsaturated/α-hetero) is 1. The number of benzene rings is 1. The molecule has 216 valence electrons. The molecule has 1 aliphatic heterocycles. The maximum absolute atomic E-state index is 13.6. The zero-order chi connectivity index (χ0) is 29.5. The summed E-state index contributed by atoms with van der Waals surface area (Å²) < 4.78 is 104. The normalized spacial score (nSPS) is 16.9. The van der Waals surface area contributed by atoms with Gasteiger partial charge < -0.3 is 9.47 Å². The van der Waals surface area contributed by atoms with Crippen molar-refractivity contribution in [2.45, 2.75) is 63.4 Å². The summed E-state index contributed by atoms with van der Waals surface area (Å²) >= 11 is 5.87. The number of aromatic nitrogens is 2. The van der Waals surface area contributed by atoms with E-state index in [1.807, 2.05) is 0 Å². The number of carbonyl (C=O) groups is 2. The molecule has 2 heterocycles. The Labute approximate surface area is 225 Å². The van der Waals surface area contributed by atoms with Gasteiger partial charge in [-0.25, -0.2) is 17.9 Å². The third-order valence-corrected chi connectivity index (χ3v) is 8.07. The van der Waals surface area contributed by atoms with Crippen molar-refractivity contribution in [1.82, 2.24) is 9.78 Å². The van der Waals surface area contributed by atoms with Gasteiger partial charge in [-0.1, -0.05) is 18.5 Å². The molecule has 1 amide bonds. The summed E-state index contributed by atoms with van der Waals surface area (Å²) in [5.74, 6) is -0.726. The van der Waals surface area contributed by atoms with Crippen molar-refractivity contribution in [3.8, 4) is 5.75 Å². The molecule has 2 aromatic rings. The van der Waals surface area contributed by atoms with Crippen molar-refractivity contribution in [3.63, 3.8) is 0 Å². The average Bonchev–Trinajstić information content (AvgIpc) is 3.20. The van der Waals surface area contributed by atoms with E-state index in [1.54, 1.807) is 6.92 Å². The molecule has 0 saturated heterocycles. The molecule has 2 atom stereocenters. The first kappa shape index (κ1) is 30.4. The lowest BCUT2D eigenvalue weighted by Gasteiger charge is -2.36. The van der Waals surface area contributed by atoms with Crippen LogP contribution in [-0.4, -0.2) is 54.5 Å². The Hall–Kier alpha value is -3.14. The van der Waals surface area contributed by atoms with E-state index in [0.717, 1.165) is 10.4 Å². The topological polar surface area (TPSA) is 120 Å². The number of carbonyl (C=O) groups excluding carboxylic acids is 2. The number of ether oxygens (including phenoxy) is 2. The predicted octanol–water partition coefficient (Wildman–Crippen LogP) is 5.39. The van der Waals surface area contributed by atoms with E-state index in [1.165, 1.54) is 19.1 Å². The molecule has 0 spiro atoms. The Morgan fingerprint density at radius 1 is 1.28 bits per heavy atom. The summed E-state index contributed by atoms with van der Waals surface area (Å²) in [6.45, 7) is 0.685. The van der Waals surface area contributed by atoms with Gasteiger partial charge in [-0.3, -0.25) is 14.4 Å². The van der Waals surface area contributed by atoms with Crippen LogP contribution in [0.2, 0.25) is 5.15 Å². The Kier molecular flexibility index (Phi) is 8.41. The van der Waals surface area contributed by atoms with Crippen LogP contribution in [0.1, 0.15) is 40.7 Å². The van der Waals surface area contributed by atoms with Gasteiger partial charge in [-0.15, -0.1) is 0 Å². The second kappa shape index (κ2) is 10.8. The Morgan fingerprint density at radius 3 is 2.46 bits per heavy atom. The summed E-state index contributed by atoms with van der Waals surface area (Å²) in [6.07, 6.45) is -6.55. The van der Waals surface area contributed by atoms with Crippen molar-refractivity contribution in [2.75, 3.05) is 16.2 Å². The number of nitrogens with one attached hydrogen (secondary N) is 1. The van der Waals surface area contributed by atoms with Gasteiger partial charge in [-0.2, -0.15) is 27.1 Å². The lowest BCUT2D eigenvalue weighted by atomic mass is 9.99. The third-order valence-electron chi connectivity index (χ3n) is 5.90. The second-order valence-corrected chi connectivity index (χ2v) is 11.5. The summed E-state index contributed by atoms with van der Waals surface area (Å²) in [4.78, 5) is 23.2. The second-order valence-electron chi connectivity index (χ2n) is 9.27. The molecule has 0 aliphatic carbocycles. The number of alkyl halides is 5. The van der Waals surface area contributed by atoms with Crippen LogP contribution in [0, 0.1) is 5.92 Å². The fraction of sp³-hybridized carbons (Fsp3) is 0.500. The van der Waals surface area contributed by atoms with Gasteiger partial charge in [0.25, 0.3) is 10.0 Å². The SMILES string of the molecule is CC(=O)C(C)CC1CN(S(=O)(=O)c2cn(C(F)F)nc2Cl)c2cc(NC(=O)OC(C)(C)C(F)(F)F)ccc2O1. The molecule has 1 aromatic heterocycles. The fourth-order valence-electron chi connectivity index (χ4n) is 3.48. The number of anilines is 2. The van der Waals surface area contributed by atoms with E-state index < -0.39 is 63.1 Å². The number of ketones is 1. The number of sulfonamides is 1. The Balaban J connectivity index is 2.01. The number of hydrogen-bond acceptors (Lipinski definition) is 7. The van der Waals surface area contributed by atoms with E-state index >= 15 is 0 Å². The average molecular weight is 603 g/mol. The van der Waals surface area contributed by atoms with E-state index in [9.17, 15) is 40.0 Å². The highest BCUT2D eigenvalue weighted by atomic mass is 35.5. The first-order valence-electron chi connectivity index (χ1n) is 11.3. The highest BCUT2D eigenvalue weighted by Crippen LogP contribution is 2.41. The van der Waals surface area contributed by atoms with Crippen molar-refractivity contribution in [2.24, 2.45) is 5.92 Å². The van der Waals surface area contributed by atoms with Crippen LogP contribution in [0.25, 0.3) is 0 Å². The van der Waals surface area contributed by atoms with Crippen LogP contribution in [-0.2, 0) is 19.6 Å². The van der Waals surface area contributed by atoms with Crippen molar-refractivity contribution in [1.29, 1.82) is 0 Å². The molecule has 0 radical (unpaired) electrons. The molecule has 1 N–H and O–H groups in total. The van der Waals surface area contributed by atoms with Crippen LogP contribution >= 0.6 is 11.6 Å². The zero-order valence-corrected chi connectivity index (χ0v) is 22.5. The van der Waals surface area contributed by atoms with Crippen molar-refractivity contribution in [3.05, 3.63) is 29.5 Å². The van der Waals surface area contributed by atoms with Crippen molar-refractivity contribution >= 4 is 44.9 Å². The fourth-order valence-corrected chi connectivity index (χ4v) is 5.40. The molecule has 2 unspecified atom stereocenters. The molecule has 39 heavy (non-hydrogen) atoms. The molecule has 0 bridgehead atoms. The molecule has 17 heteroatoms. The van der Waals surface area contributed by atoms with Gasteiger partial charge in [0.2, 0.25) is 5.60 Å². The quantitative estimate of drug-likeness (QED) is 0.402. The minimum absolute atomic E-state index is 0.0301. The van der Waals surface area contributed by atoms with Gasteiger partial charge >= 0.3 is 18.8 Å². The molecule has 0 saturated carbocycles. The minimum Gasteiger partial charge on any atom is -0.486 e. The smallest absolute Gasteiger partial charge is 0.427 e. The predicted molar refractivity (Wildman–Crippen MR) is 129 cm³/mol. The van der Waals surface area contributed by atoms with Crippen molar-refractivity contribution < 1.29 is 49.4 Å². The number of amides is 1. The van der Waals surface area contributed by atoms with Crippen LogP contribution in [0.5, 0.6) is 5.75 Å². The highest BCUT2D eigenvalue weighted by Gasteiger charge is 2.51. The highest BCUT2D eigenvalue weighted by molar-refractivity contribution is 7.93. The molecule has 1 aliphatic rings. The summed E-state index contributed by atoms with van der Waals surface area (Å²) in [5.41, 5.74) is -3.17. The van der Waals surface area contributed by atoms with Gasteiger partial charge in [0.1, 0.15) is 22.5 Å². The summed E-state index contributed by atoms with van der Waals surface area (Å²) in [7, 11) is -4.67. The van der Waals surface area contributed by atoms with Gasteiger partial charge in [-0.05, 0) is 45.4 Å². The van der Waals surface area contributed by atoms with E-state index in [0.29, 0.717) is 20.0 Å². The van der Waals surface area contributed by atoms with E-state index in [4.69, 9.17) is 16.3 Å². The number of hydrogen-bond donors (Lipinski definition) is 1. The lowest BCUT2D eigenvalue weighted by molar-refractivity contribution is -0.242. The third kappa shape index (κ3) is 6.54. The Bertz CT molecular complexity index is 1370. The lowest BCUT2D eigenvalue weighted by Crippen LogP contribution is -2.45. The first-order valence-corrected chi connectivity index (χ1v) is 13.1. The van der Waals surface area contributed by atoms with E-state index in [-0.39, 0.29) is 34.0 Å². The van der Waals surface area contributed by atoms with Gasteiger partial charge in [0.15, 0.2) is 5.15 Å². The molecular weight excluding hydrogens is 579 g/mol. The maximum atomic E-state index is 13.6. The summed E-state index contributed by atoms with van der Waals surface area (Å²) in [5, 5.41) is 4.68. The molecule has 10 nitrogen and oxygen atoms in total. The standard InChI is InChI=1S/C22H24ClF5N4O6S/c1-11(12(2)33)7-14-9-32(39(35,36)17-10-31(19(24)25)30-18(17)23)15-8-13(5-6-16(15)37-14)29-20(34)38-21(3,4)22(26,27)28/h5-6,8,10-11,14,19H,7,9H2,1-4H3,(H,29,34). The zero-order valence-electron chi connectivity index (χ0n) is 20.9. The maximum Gasteiger partial charge on any atom is 0.427 e. The van der Waals surface area contributed by atoms with Crippen LogP contribution in [0.4, 0.5) is 38.1 Å². The van der Waals surface area contributed by atoms with Crippen LogP contribution in [0.15, 0.2) is 29.3 Å². The number of nitrogens with zero attached hydrogens (tertiary/aromatic N) is 3. The largest absolute Gasteiger partial charge is 0.486 e. The van der Waals surface area contributed by atoms with Gasteiger partial charge in [0, 0.05) is 11.6 Å². The first-order chi connectivity index (χ1) is 17.8. The molecule has 3 rings (SSSR count).